The summed E-state index contributed by atoms with van der Waals surface area (Å²) in [5.41, 5.74) is 3.02. The van der Waals surface area contributed by atoms with Gasteiger partial charge in [-0.05, 0) is 24.6 Å². The van der Waals surface area contributed by atoms with E-state index in [9.17, 15) is 13.2 Å². The lowest BCUT2D eigenvalue weighted by molar-refractivity contribution is -0.274. The second-order valence-electron chi connectivity index (χ2n) is 8.16. The van der Waals surface area contributed by atoms with Crippen LogP contribution < -0.4 is 9.64 Å². The molecule has 3 heterocycles. The van der Waals surface area contributed by atoms with E-state index >= 15 is 0 Å². The van der Waals surface area contributed by atoms with Crippen molar-refractivity contribution in [1.29, 1.82) is 0 Å². The number of benzene rings is 2. The molecule has 2 aromatic heterocycles. The van der Waals surface area contributed by atoms with Gasteiger partial charge in [0.25, 0.3) is 0 Å². The Kier molecular flexibility index (Phi) is 6.38. The van der Waals surface area contributed by atoms with Gasteiger partial charge in [0.2, 0.25) is 0 Å². The van der Waals surface area contributed by atoms with Gasteiger partial charge in [-0.15, -0.1) is 24.5 Å². The molecule has 1 aliphatic heterocycles. The third-order valence-electron chi connectivity index (χ3n) is 5.80. The zero-order valence-corrected chi connectivity index (χ0v) is 19.1. The molecule has 0 bridgehead atoms. The Morgan fingerprint density at radius 3 is 2.62 bits per heavy atom. The summed E-state index contributed by atoms with van der Waals surface area (Å²) in [4.78, 5) is 13.4. The van der Waals surface area contributed by atoms with E-state index in [4.69, 9.17) is 4.98 Å². The fourth-order valence-electron chi connectivity index (χ4n) is 4.30. The highest BCUT2D eigenvalue weighted by Gasteiger charge is 2.34. The van der Waals surface area contributed by atoms with E-state index in [2.05, 4.69) is 20.0 Å². The minimum absolute atomic E-state index is 0.209. The second-order valence-corrected chi connectivity index (χ2v) is 9.02. The first kappa shape index (κ1) is 22.6. The van der Waals surface area contributed by atoms with Gasteiger partial charge in [0.05, 0.1) is 11.2 Å². The van der Waals surface area contributed by atoms with E-state index in [-0.39, 0.29) is 5.75 Å². The molecule has 0 unspecified atom stereocenters. The molecule has 2 aromatic carbocycles. The number of aromatic nitrogens is 2. The molecule has 1 fully saturated rings. The predicted molar refractivity (Wildman–Crippen MR) is 128 cm³/mol. The quantitative estimate of drug-likeness (QED) is 0.349. The highest BCUT2D eigenvalue weighted by Crippen LogP contribution is 2.38. The summed E-state index contributed by atoms with van der Waals surface area (Å²) in [5, 5.41) is 3.85. The maximum absolute atomic E-state index is 13.1. The van der Waals surface area contributed by atoms with Crippen LogP contribution in [0.2, 0.25) is 0 Å². The number of ether oxygens (including phenoxy) is 1. The smallest absolute Gasteiger partial charge is 0.403 e. The summed E-state index contributed by atoms with van der Waals surface area (Å²) in [6.45, 7) is 3.43. The molecule has 176 valence electrons. The topological polar surface area (TPSA) is 41.5 Å². The Morgan fingerprint density at radius 1 is 0.941 bits per heavy atom. The number of hydrogen-bond donors (Lipinski definition) is 0. The number of thiazole rings is 1. The average Bonchev–Trinajstić information content (AvgIpc) is 3.17. The Balaban J connectivity index is 1.34. The van der Waals surface area contributed by atoms with Gasteiger partial charge in [0, 0.05) is 55.3 Å². The molecule has 0 aliphatic carbocycles. The highest BCUT2D eigenvalue weighted by molar-refractivity contribution is 7.13. The van der Waals surface area contributed by atoms with Crippen LogP contribution in [0.1, 0.15) is 12.1 Å². The Bertz CT molecular complexity index is 1260. The number of nitrogens with zero attached hydrogens (tertiary/aromatic N) is 4. The van der Waals surface area contributed by atoms with Crippen LogP contribution in [-0.2, 0) is 6.54 Å². The van der Waals surface area contributed by atoms with Crippen molar-refractivity contribution in [3.8, 4) is 16.3 Å². The number of halogens is 3. The molecular weight excluding hydrogens is 461 g/mol. The van der Waals surface area contributed by atoms with E-state index in [0.29, 0.717) is 37.4 Å². The standard InChI is InChI=1S/C25H23F3N4OS/c26-25(27,28)33-21-10-9-18-8-4-11-29-22(18)23(21)32-13-5-12-31(14-15-32)16-20-17-34-24(30-20)19-6-2-1-3-7-19/h1-4,6-11,17H,5,12-16H2. The molecule has 0 N–H and O–H groups in total. The Morgan fingerprint density at radius 2 is 1.79 bits per heavy atom. The highest BCUT2D eigenvalue weighted by atomic mass is 32.1. The molecule has 0 spiro atoms. The average molecular weight is 485 g/mol. The molecule has 0 saturated carbocycles. The largest absolute Gasteiger partial charge is 0.573 e. The van der Waals surface area contributed by atoms with Gasteiger partial charge >= 0.3 is 6.36 Å². The summed E-state index contributed by atoms with van der Waals surface area (Å²) in [6, 6.07) is 16.7. The summed E-state index contributed by atoms with van der Waals surface area (Å²) >= 11 is 1.62. The third-order valence-corrected chi connectivity index (χ3v) is 6.74. The lowest BCUT2D eigenvalue weighted by atomic mass is 10.1. The van der Waals surface area contributed by atoms with E-state index in [1.54, 1.807) is 29.7 Å². The molecule has 4 aromatic rings. The first-order valence-corrected chi connectivity index (χ1v) is 11.9. The van der Waals surface area contributed by atoms with Crippen molar-refractivity contribution in [2.75, 3.05) is 31.1 Å². The zero-order valence-electron chi connectivity index (χ0n) is 18.3. The maximum atomic E-state index is 13.1. The molecule has 0 amide bonds. The van der Waals surface area contributed by atoms with Crippen molar-refractivity contribution in [1.82, 2.24) is 14.9 Å². The summed E-state index contributed by atoms with van der Waals surface area (Å²) < 4.78 is 43.8. The van der Waals surface area contributed by atoms with E-state index < -0.39 is 6.36 Å². The van der Waals surface area contributed by atoms with Gasteiger partial charge in [-0.2, -0.15) is 0 Å². The summed E-state index contributed by atoms with van der Waals surface area (Å²) in [7, 11) is 0. The number of hydrogen-bond acceptors (Lipinski definition) is 6. The zero-order chi connectivity index (χ0) is 23.5. The first-order valence-electron chi connectivity index (χ1n) is 11.1. The van der Waals surface area contributed by atoms with Crippen LogP contribution in [0, 0.1) is 0 Å². The van der Waals surface area contributed by atoms with Gasteiger partial charge in [0.1, 0.15) is 10.7 Å². The maximum Gasteiger partial charge on any atom is 0.573 e. The van der Waals surface area contributed by atoms with Gasteiger partial charge in [-0.1, -0.05) is 36.4 Å². The number of anilines is 1. The van der Waals surface area contributed by atoms with Gasteiger partial charge in [0.15, 0.2) is 5.75 Å². The monoisotopic (exact) mass is 484 g/mol. The van der Waals surface area contributed by atoms with Gasteiger partial charge in [-0.25, -0.2) is 4.98 Å². The Labute approximate surface area is 199 Å². The van der Waals surface area contributed by atoms with Crippen molar-refractivity contribution in [2.24, 2.45) is 0 Å². The van der Waals surface area contributed by atoms with Crippen molar-refractivity contribution in [3.63, 3.8) is 0 Å². The van der Waals surface area contributed by atoms with E-state index in [1.807, 2.05) is 41.3 Å². The van der Waals surface area contributed by atoms with Crippen LogP contribution in [0.5, 0.6) is 5.75 Å². The van der Waals surface area contributed by atoms with Crippen LogP contribution in [0.4, 0.5) is 18.9 Å². The van der Waals surface area contributed by atoms with E-state index in [1.165, 1.54) is 6.07 Å². The fraction of sp³-hybridized carbons (Fsp3) is 0.280. The van der Waals surface area contributed by atoms with Crippen LogP contribution in [0.3, 0.4) is 0 Å². The van der Waals surface area contributed by atoms with Crippen LogP contribution in [-0.4, -0.2) is 47.4 Å². The number of pyridine rings is 1. The lowest BCUT2D eigenvalue weighted by Crippen LogP contribution is -2.31. The SMILES string of the molecule is FC(F)(F)Oc1ccc2cccnc2c1N1CCCN(Cc2csc(-c3ccccc3)n2)CC1. The van der Waals surface area contributed by atoms with Crippen molar-refractivity contribution in [2.45, 2.75) is 19.3 Å². The fourth-order valence-corrected chi connectivity index (χ4v) is 5.12. The van der Waals surface area contributed by atoms with E-state index in [0.717, 1.165) is 34.6 Å². The summed E-state index contributed by atoms with van der Waals surface area (Å²) in [5.74, 6) is -0.209. The van der Waals surface area contributed by atoms with Crippen LogP contribution in [0.25, 0.3) is 21.5 Å². The van der Waals surface area contributed by atoms with Crippen LogP contribution in [0.15, 0.2) is 66.2 Å². The molecule has 5 rings (SSSR count). The number of fused-ring (bicyclic) bond motifs is 1. The van der Waals surface area contributed by atoms with Gasteiger partial charge in [-0.3, -0.25) is 9.88 Å². The molecule has 9 heteroatoms. The van der Waals surface area contributed by atoms with Crippen molar-refractivity contribution < 1.29 is 17.9 Å². The molecule has 1 saturated heterocycles. The predicted octanol–water partition coefficient (Wildman–Crippen LogP) is 5.97. The van der Waals surface area contributed by atoms with Crippen LogP contribution >= 0.6 is 11.3 Å². The lowest BCUT2D eigenvalue weighted by Gasteiger charge is -2.27. The first-order chi connectivity index (χ1) is 16.5. The number of rotatable bonds is 5. The van der Waals surface area contributed by atoms with Gasteiger partial charge < -0.3 is 9.64 Å². The van der Waals surface area contributed by atoms with Crippen molar-refractivity contribution in [3.05, 3.63) is 71.9 Å². The molecule has 0 atom stereocenters. The molecular formula is C25H23F3N4OS. The molecule has 5 nitrogen and oxygen atoms in total. The molecule has 34 heavy (non-hydrogen) atoms. The normalized spacial score (nSPS) is 15.4. The number of alkyl halides is 3. The second kappa shape index (κ2) is 9.60. The third kappa shape index (κ3) is 5.15. The molecule has 0 radical (unpaired) electrons. The Hall–Kier alpha value is -3.17. The summed E-state index contributed by atoms with van der Waals surface area (Å²) in [6.07, 6.45) is -2.36. The molecule has 1 aliphatic rings. The minimum Gasteiger partial charge on any atom is -0.403 e. The van der Waals surface area contributed by atoms with Crippen molar-refractivity contribution >= 4 is 27.9 Å². The minimum atomic E-state index is -4.77.